The molecule has 3 N–H and O–H groups in total. The summed E-state index contributed by atoms with van der Waals surface area (Å²) in [4.78, 5) is 53.8. The molecule has 2 unspecified atom stereocenters. The van der Waals surface area contributed by atoms with E-state index in [2.05, 4.69) is 5.32 Å². The van der Waals surface area contributed by atoms with E-state index in [-0.39, 0.29) is 12.1 Å². The number of benzene rings is 2. The van der Waals surface area contributed by atoms with Crippen molar-refractivity contribution in [2.45, 2.75) is 45.0 Å². The van der Waals surface area contributed by atoms with Crippen molar-refractivity contribution in [3.63, 3.8) is 0 Å². The van der Waals surface area contributed by atoms with Gasteiger partial charge in [0.05, 0.1) is 12.8 Å². The number of ether oxygens (including phenoxy) is 1. The van der Waals surface area contributed by atoms with E-state index in [1.807, 2.05) is 0 Å². The second-order valence-electron chi connectivity index (χ2n) is 9.11. The van der Waals surface area contributed by atoms with Gasteiger partial charge in [0.15, 0.2) is 0 Å². The largest absolute Gasteiger partial charge is 0.478 e. The summed E-state index contributed by atoms with van der Waals surface area (Å²) < 4.78 is 4.92. The minimum absolute atomic E-state index is 0.122. The van der Waals surface area contributed by atoms with Crippen LogP contribution in [0.15, 0.2) is 66.9 Å². The Hall–Kier alpha value is -4.18. The van der Waals surface area contributed by atoms with Crippen LogP contribution in [0, 0.1) is 5.92 Å². The summed E-state index contributed by atoms with van der Waals surface area (Å²) >= 11 is 0. The fourth-order valence-electron chi connectivity index (χ4n) is 4.49. The van der Waals surface area contributed by atoms with E-state index in [0.717, 1.165) is 6.92 Å². The molecular weight excluding hydrogens is 478 g/mol. The molecule has 0 saturated heterocycles. The van der Waals surface area contributed by atoms with Crippen LogP contribution in [0.5, 0.6) is 0 Å². The minimum atomic E-state index is -2.86. The highest BCUT2D eigenvalue weighted by molar-refractivity contribution is 5.97. The van der Waals surface area contributed by atoms with Gasteiger partial charge in [-0.3, -0.25) is 19.4 Å². The van der Waals surface area contributed by atoms with Crippen LogP contribution in [0.25, 0.3) is 5.70 Å². The Morgan fingerprint density at radius 3 is 2.11 bits per heavy atom. The molecule has 2 aromatic rings. The van der Waals surface area contributed by atoms with Crippen molar-refractivity contribution in [1.82, 2.24) is 15.1 Å². The highest BCUT2D eigenvalue weighted by atomic mass is 16.5. The van der Waals surface area contributed by atoms with Gasteiger partial charge in [0.1, 0.15) is 12.1 Å². The first-order chi connectivity index (χ1) is 17.5. The molecular formula is C27H31N3O7. The van der Waals surface area contributed by atoms with Crippen LogP contribution in [0.2, 0.25) is 0 Å². The number of nitrogens with zero attached hydrogens (tertiary/aromatic N) is 2. The van der Waals surface area contributed by atoms with Crippen LogP contribution in [0.4, 0.5) is 4.79 Å². The number of carboxylic acids is 1. The lowest BCUT2D eigenvalue weighted by Gasteiger charge is -2.47. The Labute approximate surface area is 215 Å². The van der Waals surface area contributed by atoms with Crippen molar-refractivity contribution in [1.29, 1.82) is 0 Å². The molecule has 2 aromatic carbocycles. The number of hydrogen-bond donors (Lipinski definition) is 3. The highest BCUT2D eigenvalue weighted by Gasteiger charge is 2.54. The number of amides is 3. The van der Waals surface area contributed by atoms with E-state index in [0.29, 0.717) is 11.1 Å². The number of carboxylic acid groups (broad SMARTS) is 1. The summed E-state index contributed by atoms with van der Waals surface area (Å²) in [7, 11) is 1.20. The minimum Gasteiger partial charge on any atom is -0.478 e. The molecule has 0 aromatic heterocycles. The van der Waals surface area contributed by atoms with Gasteiger partial charge in [0.2, 0.25) is 5.91 Å². The van der Waals surface area contributed by atoms with E-state index >= 15 is 0 Å². The topological polar surface area (TPSA) is 136 Å². The zero-order chi connectivity index (χ0) is 27.3. The molecule has 10 nitrogen and oxygen atoms in total. The predicted octanol–water partition coefficient (Wildman–Crippen LogP) is 2.44. The van der Waals surface area contributed by atoms with Crippen LogP contribution in [-0.2, 0) is 25.5 Å². The van der Waals surface area contributed by atoms with E-state index in [1.54, 1.807) is 74.5 Å². The third-order valence-electron chi connectivity index (χ3n) is 6.16. The van der Waals surface area contributed by atoms with E-state index in [9.17, 15) is 29.4 Å². The molecule has 37 heavy (non-hydrogen) atoms. The van der Waals surface area contributed by atoms with Crippen LogP contribution in [0.1, 0.15) is 31.9 Å². The average Bonchev–Trinajstić information content (AvgIpc) is 2.86. The Balaban J connectivity index is 2.32. The first kappa shape index (κ1) is 27.4. The van der Waals surface area contributed by atoms with Crippen molar-refractivity contribution in [3.05, 3.63) is 78.0 Å². The Bertz CT molecular complexity index is 1180. The summed E-state index contributed by atoms with van der Waals surface area (Å²) in [5, 5.41) is 23.8. The first-order valence-electron chi connectivity index (χ1n) is 11.8. The quantitative estimate of drug-likeness (QED) is 0.465. The maximum Gasteiger partial charge on any atom is 0.414 e. The Morgan fingerprint density at radius 2 is 1.62 bits per heavy atom. The van der Waals surface area contributed by atoms with Crippen molar-refractivity contribution >= 4 is 29.6 Å². The van der Waals surface area contributed by atoms with Crippen molar-refractivity contribution in [3.8, 4) is 0 Å². The van der Waals surface area contributed by atoms with Gasteiger partial charge in [-0.25, -0.2) is 9.59 Å². The molecule has 3 amide bonds. The van der Waals surface area contributed by atoms with Gasteiger partial charge in [-0.15, -0.1) is 0 Å². The SMILES string of the molecule is COC(=O)N1C=C(c2ccccc2)N([C@@H](Cc2ccccc2)C(O)(NC(C)=O)C(=O)O)C(=O)C1C(C)C. The van der Waals surface area contributed by atoms with Gasteiger partial charge in [-0.05, 0) is 23.5 Å². The summed E-state index contributed by atoms with van der Waals surface area (Å²) in [6, 6.07) is 14.8. The standard InChI is InChI=1S/C27H31N3O7/c1-17(2)23-24(32)30(21(16-29(23)26(35)37-4)20-13-9-6-10-14-20)22(15-19-11-7-5-8-12-19)27(36,25(33)34)28-18(3)31/h5-14,16-17,22-23,36H,15H2,1-4H3,(H,28,31)(H,33,34)/t22-,23?,27?/m0/s1. The second-order valence-corrected chi connectivity index (χ2v) is 9.11. The van der Waals surface area contributed by atoms with Gasteiger partial charge < -0.3 is 20.3 Å². The van der Waals surface area contributed by atoms with Gasteiger partial charge in [-0.2, -0.15) is 0 Å². The Kier molecular flexibility index (Phi) is 8.34. The third-order valence-corrected chi connectivity index (χ3v) is 6.16. The maximum atomic E-state index is 14.2. The van der Waals surface area contributed by atoms with Crippen LogP contribution >= 0.6 is 0 Å². The first-order valence-corrected chi connectivity index (χ1v) is 11.8. The lowest BCUT2D eigenvalue weighted by molar-refractivity contribution is -0.175. The molecule has 3 rings (SSSR count). The monoisotopic (exact) mass is 509 g/mol. The molecule has 0 radical (unpaired) electrons. The molecule has 10 heteroatoms. The average molecular weight is 510 g/mol. The molecule has 0 bridgehead atoms. The highest BCUT2D eigenvalue weighted by Crippen LogP contribution is 2.35. The van der Waals surface area contributed by atoms with Gasteiger partial charge >= 0.3 is 12.1 Å². The number of rotatable bonds is 8. The molecule has 1 heterocycles. The zero-order valence-corrected chi connectivity index (χ0v) is 21.1. The van der Waals surface area contributed by atoms with Crippen molar-refractivity contribution in [2.75, 3.05) is 7.11 Å². The van der Waals surface area contributed by atoms with Crippen LogP contribution < -0.4 is 5.32 Å². The zero-order valence-electron chi connectivity index (χ0n) is 21.1. The summed E-state index contributed by atoms with van der Waals surface area (Å²) in [5.41, 5.74) is -1.59. The molecule has 0 spiro atoms. The third kappa shape index (κ3) is 5.64. The molecule has 1 aliphatic heterocycles. The van der Waals surface area contributed by atoms with Crippen LogP contribution in [0.3, 0.4) is 0 Å². The number of aliphatic hydroxyl groups is 1. The van der Waals surface area contributed by atoms with E-state index < -0.39 is 47.6 Å². The van der Waals surface area contributed by atoms with E-state index in [4.69, 9.17) is 4.74 Å². The van der Waals surface area contributed by atoms with Crippen LogP contribution in [-0.4, -0.2) is 68.8 Å². The second kappa shape index (κ2) is 11.3. The van der Waals surface area contributed by atoms with E-state index in [1.165, 1.54) is 23.1 Å². The number of methoxy groups -OCH3 is 1. The molecule has 0 fully saturated rings. The van der Waals surface area contributed by atoms with Gasteiger partial charge in [-0.1, -0.05) is 74.5 Å². The van der Waals surface area contributed by atoms with Crippen molar-refractivity contribution in [2.24, 2.45) is 5.92 Å². The fraction of sp³-hybridized carbons (Fsp3) is 0.333. The molecule has 1 aliphatic rings. The normalized spacial score (nSPS) is 18.1. The summed E-state index contributed by atoms with van der Waals surface area (Å²) in [5.74, 6) is -3.57. The molecule has 196 valence electrons. The Morgan fingerprint density at radius 1 is 1.05 bits per heavy atom. The lowest BCUT2D eigenvalue weighted by Crippen LogP contribution is -2.70. The summed E-state index contributed by atoms with van der Waals surface area (Å²) in [6.45, 7) is 4.55. The maximum absolute atomic E-state index is 14.2. The molecule has 0 aliphatic carbocycles. The number of nitrogens with one attached hydrogen (secondary N) is 1. The number of carbonyl (C=O) groups is 4. The lowest BCUT2D eigenvalue weighted by atomic mass is 9.89. The number of carbonyl (C=O) groups excluding carboxylic acids is 3. The van der Waals surface area contributed by atoms with Gasteiger partial charge in [0, 0.05) is 13.1 Å². The molecule has 3 atom stereocenters. The fourth-order valence-corrected chi connectivity index (χ4v) is 4.49. The van der Waals surface area contributed by atoms with Gasteiger partial charge in [0.25, 0.3) is 11.6 Å². The number of aliphatic carboxylic acids is 1. The molecule has 0 saturated carbocycles. The smallest absolute Gasteiger partial charge is 0.414 e. The summed E-state index contributed by atoms with van der Waals surface area (Å²) in [6.07, 6.45) is 0.527. The van der Waals surface area contributed by atoms with Crippen molar-refractivity contribution < 1.29 is 34.1 Å². The predicted molar refractivity (Wildman–Crippen MR) is 134 cm³/mol. The number of hydrogen-bond acceptors (Lipinski definition) is 6.